The molecule has 2 aromatic carbocycles. The molecule has 0 aliphatic heterocycles. The number of rotatable bonds is 4. The van der Waals surface area contributed by atoms with Crippen LogP contribution in [0.3, 0.4) is 0 Å². The first-order chi connectivity index (χ1) is 13.1. The quantitative estimate of drug-likeness (QED) is 0.467. The van der Waals surface area contributed by atoms with Crippen molar-refractivity contribution in [1.82, 2.24) is 19.6 Å². The number of hydrogen-bond acceptors (Lipinski definition) is 2. The molecule has 0 amide bonds. The van der Waals surface area contributed by atoms with Crippen molar-refractivity contribution in [3.05, 3.63) is 59.9 Å². The largest absolute Gasteiger partial charge is 0.268 e. The predicted molar refractivity (Wildman–Crippen MR) is 117 cm³/mol. The molecule has 2 heterocycles. The maximum absolute atomic E-state index is 4.67. The van der Waals surface area contributed by atoms with Gasteiger partial charge < -0.3 is 0 Å². The number of benzene rings is 2. The summed E-state index contributed by atoms with van der Waals surface area (Å²) < 4.78 is 4.09. The Morgan fingerprint density at radius 1 is 0.786 bits per heavy atom. The Labute approximate surface area is 167 Å². The number of fused-ring (bicyclic) bond motifs is 2. The highest BCUT2D eigenvalue weighted by molar-refractivity contribution is 5.80. The van der Waals surface area contributed by atoms with E-state index < -0.39 is 0 Å². The fourth-order valence-electron chi connectivity index (χ4n) is 3.83. The van der Waals surface area contributed by atoms with Crippen LogP contribution in [0.4, 0.5) is 0 Å². The Morgan fingerprint density at radius 3 is 2.25 bits per heavy atom. The first-order valence-electron chi connectivity index (χ1n) is 10.0. The van der Waals surface area contributed by atoms with E-state index in [0.717, 1.165) is 13.0 Å². The fraction of sp³-hybridized carbons (Fsp3) is 0.417. The lowest BCUT2D eigenvalue weighted by Crippen LogP contribution is -2.20. The van der Waals surface area contributed by atoms with Crippen molar-refractivity contribution in [3.8, 4) is 0 Å². The summed E-state index contributed by atoms with van der Waals surface area (Å²) in [6, 6.07) is 13.4. The summed E-state index contributed by atoms with van der Waals surface area (Å²) >= 11 is 0. The van der Waals surface area contributed by atoms with Crippen LogP contribution in [-0.2, 0) is 24.4 Å². The zero-order valence-corrected chi connectivity index (χ0v) is 17.8. The average Bonchev–Trinajstić information content (AvgIpc) is 3.22. The first-order valence-corrected chi connectivity index (χ1v) is 10.0. The molecule has 0 saturated heterocycles. The molecule has 146 valence electrons. The lowest BCUT2D eigenvalue weighted by Gasteiger charge is -2.25. The second-order valence-corrected chi connectivity index (χ2v) is 9.57. The highest BCUT2D eigenvalue weighted by Crippen LogP contribution is 2.31. The van der Waals surface area contributed by atoms with E-state index in [-0.39, 0.29) is 10.8 Å². The van der Waals surface area contributed by atoms with Gasteiger partial charge in [0.25, 0.3) is 0 Å². The monoisotopic (exact) mass is 374 g/mol. The molecule has 0 atom stereocenters. The molecule has 0 spiro atoms. The van der Waals surface area contributed by atoms with Crippen molar-refractivity contribution >= 4 is 21.8 Å². The highest BCUT2D eigenvalue weighted by Gasteiger charge is 2.22. The van der Waals surface area contributed by atoms with E-state index >= 15 is 0 Å². The first kappa shape index (κ1) is 18.7. The minimum absolute atomic E-state index is 0.0576. The summed E-state index contributed by atoms with van der Waals surface area (Å²) in [5.41, 5.74) is 5.31. The Balaban J connectivity index is 1.58. The minimum atomic E-state index is 0.0576. The van der Waals surface area contributed by atoms with Crippen molar-refractivity contribution in [1.29, 1.82) is 0 Å². The van der Waals surface area contributed by atoms with Crippen LogP contribution in [0.1, 0.15) is 52.2 Å². The van der Waals surface area contributed by atoms with E-state index in [9.17, 15) is 0 Å². The second-order valence-electron chi connectivity index (χ2n) is 9.57. The van der Waals surface area contributed by atoms with Gasteiger partial charge in [0.15, 0.2) is 0 Å². The Kier molecular flexibility index (Phi) is 4.33. The number of aromatic nitrogens is 4. The predicted octanol–water partition coefficient (Wildman–Crippen LogP) is 5.59. The third-order valence-electron chi connectivity index (χ3n) is 5.99. The van der Waals surface area contributed by atoms with Crippen LogP contribution in [0.2, 0.25) is 0 Å². The van der Waals surface area contributed by atoms with Crippen molar-refractivity contribution in [2.45, 2.75) is 58.4 Å². The molecule has 0 bridgehead atoms. The van der Waals surface area contributed by atoms with Crippen molar-refractivity contribution in [3.63, 3.8) is 0 Å². The van der Waals surface area contributed by atoms with Gasteiger partial charge in [-0.15, -0.1) is 0 Å². The Hall–Kier alpha value is -2.62. The number of aryl methyl sites for hydroxylation is 2. The highest BCUT2D eigenvalue weighted by atomic mass is 15.3. The lowest BCUT2D eigenvalue weighted by atomic mass is 9.81. The minimum Gasteiger partial charge on any atom is -0.268 e. The molecule has 4 rings (SSSR count). The van der Waals surface area contributed by atoms with Crippen LogP contribution in [-0.4, -0.2) is 19.6 Å². The number of hydrogen-bond donors (Lipinski definition) is 0. The van der Waals surface area contributed by atoms with E-state index in [0.29, 0.717) is 0 Å². The maximum Gasteiger partial charge on any atom is 0.0682 e. The zero-order chi connectivity index (χ0) is 20.1. The molecule has 4 aromatic rings. The van der Waals surface area contributed by atoms with E-state index in [1.165, 1.54) is 32.9 Å². The van der Waals surface area contributed by atoms with Crippen molar-refractivity contribution in [2.75, 3.05) is 0 Å². The molecule has 0 aliphatic rings. The topological polar surface area (TPSA) is 35.6 Å². The molecule has 2 aromatic heterocycles. The summed E-state index contributed by atoms with van der Waals surface area (Å²) in [4.78, 5) is 0. The lowest BCUT2D eigenvalue weighted by molar-refractivity contribution is 0.426. The average molecular weight is 375 g/mol. The van der Waals surface area contributed by atoms with Crippen LogP contribution < -0.4 is 0 Å². The third kappa shape index (κ3) is 3.32. The maximum atomic E-state index is 4.67. The molecule has 0 N–H and O–H groups in total. The van der Waals surface area contributed by atoms with Gasteiger partial charge in [0, 0.05) is 24.4 Å². The van der Waals surface area contributed by atoms with Crippen LogP contribution in [0.25, 0.3) is 21.8 Å². The van der Waals surface area contributed by atoms with Crippen molar-refractivity contribution in [2.24, 2.45) is 7.05 Å². The molecule has 4 heteroatoms. The van der Waals surface area contributed by atoms with E-state index in [2.05, 4.69) is 85.9 Å². The van der Waals surface area contributed by atoms with Gasteiger partial charge in [-0.3, -0.25) is 9.36 Å². The van der Waals surface area contributed by atoms with Gasteiger partial charge in [-0.05, 0) is 46.6 Å². The molecule has 0 unspecified atom stereocenters. The van der Waals surface area contributed by atoms with Crippen LogP contribution >= 0.6 is 0 Å². The van der Waals surface area contributed by atoms with Gasteiger partial charge in [0.1, 0.15) is 0 Å². The summed E-state index contributed by atoms with van der Waals surface area (Å²) in [7, 11) is 2.00. The van der Waals surface area contributed by atoms with Crippen LogP contribution in [0.15, 0.2) is 48.8 Å². The van der Waals surface area contributed by atoms with Gasteiger partial charge in [-0.1, -0.05) is 52.8 Å². The second kappa shape index (κ2) is 6.47. The van der Waals surface area contributed by atoms with Gasteiger partial charge in [0.2, 0.25) is 0 Å². The zero-order valence-electron chi connectivity index (χ0n) is 17.8. The normalized spacial score (nSPS) is 12.9. The summed E-state index contributed by atoms with van der Waals surface area (Å²) in [5.74, 6) is 0. The summed E-state index contributed by atoms with van der Waals surface area (Å²) in [5, 5.41) is 11.5. The number of nitrogens with zero attached hydrogens (tertiary/aromatic N) is 4. The van der Waals surface area contributed by atoms with E-state index in [1.807, 2.05) is 24.1 Å². The molecule has 0 aliphatic carbocycles. The molecule has 0 fully saturated rings. The Bertz CT molecular complexity index is 1140. The molecule has 0 radical (unpaired) electrons. The Morgan fingerprint density at radius 2 is 1.50 bits per heavy atom. The fourth-order valence-corrected chi connectivity index (χ4v) is 3.83. The van der Waals surface area contributed by atoms with Crippen LogP contribution in [0, 0.1) is 0 Å². The molecule has 0 saturated carbocycles. The molecule has 4 nitrogen and oxygen atoms in total. The SMILES string of the molecule is Cn1ncc2ccc(C(C)(C)CCn3ncc4cc(C(C)(C)C)ccc43)cc21. The standard InChI is InChI=1S/C24H30N4/c1-23(2,3)19-9-10-21-18(13-19)16-26-28(21)12-11-24(4,5)20-8-7-17-15-25-27(6)22(17)14-20/h7-10,13-16H,11-12H2,1-6H3. The van der Waals surface area contributed by atoms with Gasteiger partial charge in [-0.2, -0.15) is 10.2 Å². The van der Waals surface area contributed by atoms with E-state index in [4.69, 9.17) is 0 Å². The third-order valence-corrected chi connectivity index (χ3v) is 5.99. The van der Waals surface area contributed by atoms with Gasteiger partial charge >= 0.3 is 0 Å². The summed E-state index contributed by atoms with van der Waals surface area (Å²) in [6.07, 6.45) is 4.95. The van der Waals surface area contributed by atoms with Gasteiger partial charge in [0.05, 0.1) is 23.4 Å². The smallest absolute Gasteiger partial charge is 0.0682 e. The molecular formula is C24H30N4. The van der Waals surface area contributed by atoms with E-state index in [1.54, 1.807) is 0 Å². The van der Waals surface area contributed by atoms with Crippen LogP contribution in [0.5, 0.6) is 0 Å². The molecule has 28 heavy (non-hydrogen) atoms. The van der Waals surface area contributed by atoms with Crippen molar-refractivity contribution < 1.29 is 0 Å². The van der Waals surface area contributed by atoms with Gasteiger partial charge in [-0.25, -0.2) is 0 Å². The summed E-state index contributed by atoms with van der Waals surface area (Å²) in [6.45, 7) is 12.3. The molecular weight excluding hydrogens is 344 g/mol.